The number of rotatable bonds is 3. The molecule has 5 heteroatoms. The number of anilines is 1. The molecule has 3 rings (SSSR count). The van der Waals surface area contributed by atoms with E-state index >= 15 is 0 Å². The molecule has 1 fully saturated rings. The van der Waals surface area contributed by atoms with E-state index in [0.29, 0.717) is 0 Å². The molecular formula is C13H14N2O2S. The molecule has 0 spiro atoms. The molecule has 2 aromatic rings. The fourth-order valence-corrected chi connectivity index (χ4v) is 3.45. The van der Waals surface area contributed by atoms with Crippen molar-refractivity contribution in [1.29, 1.82) is 0 Å². The number of nitrogens with zero attached hydrogens (tertiary/aromatic N) is 1. The fraction of sp³-hybridized carbons (Fsp3) is 0.385. The van der Waals surface area contributed by atoms with Gasteiger partial charge < -0.3 is 10.4 Å². The number of fused-ring (bicyclic) bond motifs is 1. The highest BCUT2D eigenvalue weighted by atomic mass is 32.1. The van der Waals surface area contributed by atoms with E-state index in [2.05, 4.69) is 10.3 Å². The molecule has 1 aromatic heterocycles. The van der Waals surface area contributed by atoms with Gasteiger partial charge in [-0.3, -0.25) is 4.79 Å². The van der Waals surface area contributed by atoms with E-state index in [1.807, 2.05) is 24.3 Å². The summed E-state index contributed by atoms with van der Waals surface area (Å²) in [5, 5.41) is 13.3. The number of hydrogen-bond acceptors (Lipinski definition) is 4. The minimum atomic E-state index is -0.703. The van der Waals surface area contributed by atoms with Crippen LogP contribution in [0.1, 0.15) is 19.3 Å². The van der Waals surface area contributed by atoms with Crippen molar-refractivity contribution in [2.24, 2.45) is 5.92 Å². The van der Waals surface area contributed by atoms with Gasteiger partial charge in [0.1, 0.15) is 0 Å². The predicted molar refractivity (Wildman–Crippen MR) is 72.0 cm³/mol. The zero-order valence-electron chi connectivity index (χ0n) is 9.80. The molecule has 0 saturated heterocycles. The maximum Gasteiger partial charge on any atom is 0.308 e. The lowest BCUT2D eigenvalue weighted by atomic mass is 10.0. The number of aromatic nitrogens is 1. The highest BCUT2D eigenvalue weighted by Gasteiger charge is 2.33. The van der Waals surface area contributed by atoms with Gasteiger partial charge in [0.25, 0.3) is 0 Å². The second-order valence-corrected chi connectivity index (χ2v) is 5.64. The first kappa shape index (κ1) is 11.5. The van der Waals surface area contributed by atoms with Crippen LogP contribution in [0, 0.1) is 5.92 Å². The lowest BCUT2D eigenvalue weighted by molar-refractivity contribution is -0.141. The Morgan fingerprint density at radius 2 is 2.22 bits per heavy atom. The van der Waals surface area contributed by atoms with Crippen LogP contribution >= 0.6 is 11.3 Å². The van der Waals surface area contributed by atoms with Crippen LogP contribution in [0.25, 0.3) is 10.2 Å². The summed E-state index contributed by atoms with van der Waals surface area (Å²) in [5.41, 5.74) is 0.967. The first-order chi connectivity index (χ1) is 8.74. The number of carbonyl (C=O) groups is 1. The molecule has 1 aliphatic carbocycles. The number of hydrogen-bond donors (Lipinski definition) is 2. The maximum absolute atomic E-state index is 11.1. The predicted octanol–water partition coefficient (Wildman–Crippen LogP) is 2.96. The number of benzene rings is 1. The second kappa shape index (κ2) is 4.57. The van der Waals surface area contributed by atoms with Crippen molar-refractivity contribution in [3.05, 3.63) is 24.3 Å². The van der Waals surface area contributed by atoms with E-state index < -0.39 is 5.97 Å². The molecule has 2 N–H and O–H groups in total. The first-order valence-electron chi connectivity index (χ1n) is 6.09. The number of thiazole rings is 1. The Kier molecular flexibility index (Phi) is 2.91. The van der Waals surface area contributed by atoms with Gasteiger partial charge in [-0.25, -0.2) is 4.98 Å². The van der Waals surface area contributed by atoms with E-state index in [0.717, 1.165) is 34.6 Å². The molecule has 0 aliphatic heterocycles. The van der Waals surface area contributed by atoms with Gasteiger partial charge in [-0.05, 0) is 25.0 Å². The van der Waals surface area contributed by atoms with E-state index in [1.54, 1.807) is 11.3 Å². The van der Waals surface area contributed by atoms with Crippen LogP contribution < -0.4 is 5.32 Å². The summed E-state index contributed by atoms with van der Waals surface area (Å²) in [6.45, 7) is 0. The Hall–Kier alpha value is -1.62. The Morgan fingerprint density at radius 3 is 3.00 bits per heavy atom. The lowest BCUT2D eigenvalue weighted by Crippen LogP contribution is -2.29. The van der Waals surface area contributed by atoms with Crippen LogP contribution in [-0.2, 0) is 4.79 Å². The van der Waals surface area contributed by atoms with Gasteiger partial charge >= 0.3 is 5.97 Å². The van der Waals surface area contributed by atoms with Gasteiger partial charge in [0.15, 0.2) is 5.13 Å². The minimum Gasteiger partial charge on any atom is -0.481 e. The van der Waals surface area contributed by atoms with Gasteiger partial charge in [0.05, 0.1) is 16.1 Å². The van der Waals surface area contributed by atoms with Gasteiger partial charge in [0, 0.05) is 6.04 Å². The Balaban J connectivity index is 1.81. The number of nitrogens with one attached hydrogen (secondary N) is 1. The molecule has 1 saturated carbocycles. The smallest absolute Gasteiger partial charge is 0.308 e. The fourth-order valence-electron chi connectivity index (χ4n) is 2.52. The van der Waals surface area contributed by atoms with Crippen molar-refractivity contribution >= 4 is 32.7 Å². The SMILES string of the molecule is O=C(O)C1CCCC1Nc1nc2ccccc2s1. The third-order valence-electron chi connectivity index (χ3n) is 3.44. The molecule has 4 nitrogen and oxygen atoms in total. The topological polar surface area (TPSA) is 62.2 Å². The lowest BCUT2D eigenvalue weighted by Gasteiger charge is -2.16. The summed E-state index contributed by atoms with van der Waals surface area (Å²) in [4.78, 5) is 15.6. The van der Waals surface area contributed by atoms with Crippen molar-refractivity contribution in [3.63, 3.8) is 0 Å². The largest absolute Gasteiger partial charge is 0.481 e. The highest BCUT2D eigenvalue weighted by molar-refractivity contribution is 7.22. The van der Waals surface area contributed by atoms with Crippen molar-refractivity contribution < 1.29 is 9.90 Å². The number of carboxylic acids is 1. The van der Waals surface area contributed by atoms with Crippen LogP contribution in [0.5, 0.6) is 0 Å². The molecule has 0 bridgehead atoms. The summed E-state index contributed by atoms with van der Waals surface area (Å²) in [6.07, 6.45) is 2.64. The Labute approximate surface area is 109 Å². The van der Waals surface area contributed by atoms with Crippen LogP contribution in [0.4, 0.5) is 5.13 Å². The van der Waals surface area contributed by atoms with Crippen molar-refractivity contribution in [2.75, 3.05) is 5.32 Å². The van der Waals surface area contributed by atoms with Gasteiger partial charge in [-0.2, -0.15) is 0 Å². The molecule has 18 heavy (non-hydrogen) atoms. The second-order valence-electron chi connectivity index (χ2n) is 4.61. The molecule has 0 radical (unpaired) electrons. The van der Waals surface area contributed by atoms with Crippen molar-refractivity contribution in [2.45, 2.75) is 25.3 Å². The number of aliphatic carboxylic acids is 1. The summed E-state index contributed by atoms with van der Waals surface area (Å²) in [5.74, 6) is -0.983. The highest BCUT2D eigenvalue weighted by Crippen LogP contribution is 2.32. The molecule has 2 unspecified atom stereocenters. The third-order valence-corrected chi connectivity index (χ3v) is 4.40. The maximum atomic E-state index is 11.1. The Morgan fingerprint density at radius 1 is 1.39 bits per heavy atom. The van der Waals surface area contributed by atoms with Crippen LogP contribution in [0.2, 0.25) is 0 Å². The third kappa shape index (κ3) is 2.06. The number of carboxylic acid groups (broad SMARTS) is 1. The van der Waals surface area contributed by atoms with E-state index in [4.69, 9.17) is 5.11 Å². The molecule has 1 aromatic carbocycles. The Bertz CT molecular complexity index is 548. The molecule has 1 heterocycles. The van der Waals surface area contributed by atoms with Gasteiger partial charge in [0.2, 0.25) is 0 Å². The minimum absolute atomic E-state index is 0.0167. The van der Waals surface area contributed by atoms with Crippen molar-refractivity contribution in [1.82, 2.24) is 4.98 Å². The molecule has 2 atom stereocenters. The number of para-hydroxylation sites is 1. The molecule has 1 aliphatic rings. The van der Waals surface area contributed by atoms with Crippen molar-refractivity contribution in [3.8, 4) is 0 Å². The summed E-state index contributed by atoms with van der Waals surface area (Å²) < 4.78 is 1.13. The zero-order chi connectivity index (χ0) is 12.5. The van der Waals surface area contributed by atoms with Gasteiger partial charge in [-0.15, -0.1) is 0 Å². The van der Waals surface area contributed by atoms with Crippen LogP contribution in [0.3, 0.4) is 0 Å². The average Bonchev–Trinajstić information content (AvgIpc) is 2.94. The molecular weight excluding hydrogens is 248 g/mol. The molecule has 94 valence electrons. The van der Waals surface area contributed by atoms with Crippen LogP contribution in [-0.4, -0.2) is 22.1 Å². The summed E-state index contributed by atoms with van der Waals surface area (Å²) >= 11 is 1.58. The monoisotopic (exact) mass is 262 g/mol. The summed E-state index contributed by atoms with van der Waals surface area (Å²) in [6, 6.07) is 7.96. The van der Waals surface area contributed by atoms with E-state index in [1.165, 1.54) is 0 Å². The molecule has 0 amide bonds. The quantitative estimate of drug-likeness (QED) is 0.892. The first-order valence-corrected chi connectivity index (χ1v) is 6.90. The zero-order valence-corrected chi connectivity index (χ0v) is 10.6. The average molecular weight is 262 g/mol. The normalized spacial score (nSPS) is 23.3. The van der Waals surface area contributed by atoms with E-state index in [9.17, 15) is 4.79 Å². The standard InChI is InChI=1S/C13H14N2O2S/c16-12(17)8-4-3-6-9(8)14-13-15-10-5-1-2-7-11(10)18-13/h1-2,5,7-9H,3-4,6H2,(H,14,15)(H,16,17). The summed E-state index contributed by atoms with van der Waals surface area (Å²) in [7, 11) is 0. The van der Waals surface area contributed by atoms with E-state index in [-0.39, 0.29) is 12.0 Å². The van der Waals surface area contributed by atoms with Crippen LogP contribution in [0.15, 0.2) is 24.3 Å². The van der Waals surface area contributed by atoms with Gasteiger partial charge in [-0.1, -0.05) is 29.9 Å².